The van der Waals surface area contributed by atoms with E-state index in [4.69, 9.17) is 10.5 Å². The molecule has 0 radical (unpaired) electrons. The average molecular weight is 304 g/mol. The molecule has 0 heterocycles. The summed E-state index contributed by atoms with van der Waals surface area (Å²) in [5, 5.41) is 0. The third-order valence-corrected chi connectivity index (χ3v) is 3.51. The fraction of sp³-hybridized carbons (Fsp3) is 0.538. The summed E-state index contributed by atoms with van der Waals surface area (Å²) in [6, 6.07) is 3.42. The van der Waals surface area contributed by atoms with Gasteiger partial charge in [0.15, 0.2) is 11.6 Å². The van der Waals surface area contributed by atoms with E-state index in [2.05, 4.69) is 29.8 Å². The molecular weight excluding hydrogens is 285 g/mol. The minimum Gasteiger partial charge on any atom is -0.490 e. The van der Waals surface area contributed by atoms with Gasteiger partial charge < -0.3 is 10.5 Å². The van der Waals surface area contributed by atoms with E-state index in [0.717, 1.165) is 18.4 Å². The molecular formula is C13H19BrFNO. The molecule has 1 aromatic rings. The first kappa shape index (κ1) is 14.5. The van der Waals surface area contributed by atoms with Gasteiger partial charge in [-0.25, -0.2) is 4.39 Å². The van der Waals surface area contributed by atoms with Gasteiger partial charge in [-0.05, 0) is 39.9 Å². The van der Waals surface area contributed by atoms with Gasteiger partial charge in [0.25, 0.3) is 0 Å². The fourth-order valence-electron chi connectivity index (χ4n) is 1.65. The Morgan fingerprint density at radius 1 is 1.47 bits per heavy atom. The van der Waals surface area contributed by atoms with Crippen molar-refractivity contribution in [3.63, 3.8) is 0 Å². The molecule has 2 nitrogen and oxygen atoms in total. The van der Waals surface area contributed by atoms with E-state index in [1.807, 2.05) is 0 Å². The maximum Gasteiger partial charge on any atom is 0.179 e. The van der Waals surface area contributed by atoms with Crippen LogP contribution in [0.2, 0.25) is 0 Å². The highest BCUT2D eigenvalue weighted by Crippen LogP contribution is 2.28. The summed E-state index contributed by atoms with van der Waals surface area (Å²) in [5.41, 5.74) is 6.24. The number of rotatable bonds is 6. The molecule has 0 spiro atoms. The highest BCUT2D eigenvalue weighted by molar-refractivity contribution is 9.10. The van der Waals surface area contributed by atoms with Gasteiger partial charge in [-0.3, -0.25) is 0 Å². The summed E-state index contributed by atoms with van der Waals surface area (Å²) >= 11 is 3.19. The SMILES string of the molecule is CCCC(C)COc1ccc(CN)c(Br)c1F. The second kappa shape index (κ2) is 6.97. The van der Waals surface area contributed by atoms with Gasteiger partial charge in [-0.15, -0.1) is 0 Å². The molecule has 0 amide bonds. The first-order valence-electron chi connectivity index (χ1n) is 5.89. The van der Waals surface area contributed by atoms with Crippen molar-refractivity contribution in [1.29, 1.82) is 0 Å². The molecule has 17 heavy (non-hydrogen) atoms. The molecule has 1 aromatic carbocycles. The predicted molar refractivity (Wildman–Crippen MR) is 71.6 cm³/mol. The topological polar surface area (TPSA) is 35.2 Å². The van der Waals surface area contributed by atoms with Crippen molar-refractivity contribution in [3.05, 3.63) is 28.0 Å². The number of hydrogen-bond acceptors (Lipinski definition) is 2. The summed E-state index contributed by atoms with van der Waals surface area (Å²) in [7, 11) is 0. The molecule has 1 rings (SSSR count). The average Bonchev–Trinajstić information content (AvgIpc) is 2.31. The van der Waals surface area contributed by atoms with Gasteiger partial charge >= 0.3 is 0 Å². The van der Waals surface area contributed by atoms with Crippen molar-refractivity contribution < 1.29 is 9.13 Å². The lowest BCUT2D eigenvalue weighted by molar-refractivity contribution is 0.241. The summed E-state index contributed by atoms with van der Waals surface area (Å²) in [4.78, 5) is 0. The first-order valence-corrected chi connectivity index (χ1v) is 6.69. The monoisotopic (exact) mass is 303 g/mol. The molecule has 0 fully saturated rings. The molecule has 0 aliphatic carbocycles. The van der Waals surface area contributed by atoms with Crippen LogP contribution in [0.3, 0.4) is 0 Å². The molecule has 1 atom stereocenters. The molecule has 1 unspecified atom stereocenters. The van der Waals surface area contributed by atoms with Crippen LogP contribution in [-0.4, -0.2) is 6.61 Å². The fourth-order valence-corrected chi connectivity index (χ4v) is 2.14. The second-order valence-electron chi connectivity index (χ2n) is 4.26. The molecule has 0 saturated carbocycles. The Balaban J connectivity index is 2.69. The van der Waals surface area contributed by atoms with Gasteiger partial charge in [0.2, 0.25) is 0 Å². The van der Waals surface area contributed by atoms with Crippen LogP contribution in [-0.2, 0) is 6.54 Å². The maximum absolute atomic E-state index is 13.9. The largest absolute Gasteiger partial charge is 0.490 e. The minimum absolute atomic E-state index is 0.289. The Labute approximate surface area is 110 Å². The van der Waals surface area contributed by atoms with Crippen LogP contribution in [0.5, 0.6) is 5.75 Å². The summed E-state index contributed by atoms with van der Waals surface area (Å²) in [6.45, 7) is 5.08. The second-order valence-corrected chi connectivity index (χ2v) is 5.05. The van der Waals surface area contributed by atoms with Crippen molar-refractivity contribution in [1.82, 2.24) is 0 Å². The van der Waals surface area contributed by atoms with Gasteiger partial charge in [0.1, 0.15) is 0 Å². The molecule has 96 valence electrons. The van der Waals surface area contributed by atoms with E-state index in [-0.39, 0.29) is 11.6 Å². The Bertz CT molecular complexity index is 371. The third kappa shape index (κ3) is 3.96. The van der Waals surface area contributed by atoms with Gasteiger partial charge in [-0.1, -0.05) is 26.3 Å². The van der Waals surface area contributed by atoms with Crippen molar-refractivity contribution in [2.45, 2.75) is 33.2 Å². The Kier molecular flexibility index (Phi) is 5.92. The number of hydrogen-bond donors (Lipinski definition) is 1. The van der Waals surface area contributed by atoms with Crippen molar-refractivity contribution in [2.75, 3.05) is 6.61 Å². The van der Waals surface area contributed by atoms with E-state index in [0.29, 0.717) is 23.5 Å². The Morgan fingerprint density at radius 2 is 2.18 bits per heavy atom. The lowest BCUT2D eigenvalue weighted by Crippen LogP contribution is -2.09. The normalized spacial score (nSPS) is 12.5. The quantitative estimate of drug-likeness (QED) is 0.866. The first-order chi connectivity index (χ1) is 8.10. The van der Waals surface area contributed by atoms with E-state index >= 15 is 0 Å². The van der Waals surface area contributed by atoms with Crippen LogP contribution in [0, 0.1) is 11.7 Å². The van der Waals surface area contributed by atoms with Crippen molar-refractivity contribution in [2.24, 2.45) is 11.7 Å². The summed E-state index contributed by atoms with van der Waals surface area (Å²) in [6.07, 6.45) is 2.20. The lowest BCUT2D eigenvalue weighted by Gasteiger charge is -2.14. The van der Waals surface area contributed by atoms with Gasteiger partial charge in [0.05, 0.1) is 11.1 Å². The van der Waals surface area contributed by atoms with E-state index < -0.39 is 0 Å². The van der Waals surface area contributed by atoms with Crippen LogP contribution in [0.4, 0.5) is 4.39 Å². The van der Waals surface area contributed by atoms with Crippen LogP contribution in [0.15, 0.2) is 16.6 Å². The minimum atomic E-state index is -0.364. The van der Waals surface area contributed by atoms with E-state index in [1.165, 1.54) is 0 Å². The zero-order valence-corrected chi connectivity index (χ0v) is 11.9. The molecule has 4 heteroatoms. The summed E-state index contributed by atoms with van der Waals surface area (Å²) < 4.78 is 19.7. The number of ether oxygens (including phenoxy) is 1. The van der Waals surface area contributed by atoms with Crippen molar-refractivity contribution in [3.8, 4) is 5.75 Å². The van der Waals surface area contributed by atoms with Crippen molar-refractivity contribution >= 4 is 15.9 Å². The molecule has 0 bridgehead atoms. The number of halogens is 2. The Hall–Kier alpha value is -0.610. The predicted octanol–water partition coefficient (Wildman–Crippen LogP) is 3.86. The van der Waals surface area contributed by atoms with Crippen LogP contribution >= 0.6 is 15.9 Å². The standard InChI is InChI=1S/C13H19BrFNO/c1-3-4-9(2)8-17-11-6-5-10(7-16)12(14)13(11)15/h5-6,9H,3-4,7-8,16H2,1-2H3. The van der Waals surface area contributed by atoms with E-state index in [1.54, 1.807) is 12.1 Å². The van der Waals surface area contributed by atoms with Gasteiger partial charge in [-0.2, -0.15) is 0 Å². The maximum atomic E-state index is 13.9. The zero-order valence-electron chi connectivity index (χ0n) is 10.3. The molecule has 0 aliphatic heterocycles. The molecule has 2 N–H and O–H groups in total. The van der Waals surface area contributed by atoms with Crippen LogP contribution in [0.1, 0.15) is 32.3 Å². The van der Waals surface area contributed by atoms with Gasteiger partial charge in [0, 0.05) is 6.54 Å². The number of nitrogens with two attached hydrogens (primary N) is 1. The molecule has 0 aromatic heterocycles. The molecule has 0 aliphatic rings. The number of benzene rings is 1. The smallest absolute Gasteiger partial charge is 0.179 e. The zero-order chi connectivity index (χ0) is 12.8. The lowest BCUT2D eigenvalue weighted by atomic mass is 10.1. The van der Waals surface area contributed by atoms with Crippen LogP contribution in [0.25, 0.3) is 0 Å². The third-order valence-electron chi connectivity index (χ3n) is 2.65. The Morgan fingerprint density at radius 3 is 2.76 bits per heavy atom. The van der Waals surface area contributed by atoms with Crippen LogP contribution < -0.4 is 10.5 Å². The highest BCUT2D eigenvalue weighted by Gasteiger charge is 2.12. The summed E-state index contributed by atoms with van der Waals surface area (Å²) in [5.74, 6) is 0.362. The molecule has 0 saturated heterocycles. The van der Waals surface area contributed by atoms with E-state index in [9.17, 15) is 4.39 Å². The highest BCUT2D eigenvalue weighted by atomic mass is 79.9.